The first kappa shape index (κ1) is 21.1. The van der Waals surface area contributed by atoms with E-state index in [4.69, 9.17) is 4.74 Å². The minimum Gasteiger partial charge on any atom is -0.490 e. The van der Waals surface area contributed by atoms with E-state index in [9.17, 15) is 4.79 Å². The Hall–Kier alpha value is -2.63. The van der Waals surface area contributed by atoms with Crippen LogP contribution in [0.2, 0.25) is 0 Å². The highest BCUT2D eigenvalue weighted by molar-refractivity contribution is 5.91. The van der Waals surface area contributed by atoms with Gasteiger partial charge in [-0.25, -0.2) is 0 Å². The molecule has 0 spiro atoms. The lowest BCUT2D eigenvalue weighted by atomic mass is 10.2. The molecule has 1 amide bonds. The second-order valence-corrected chi connectivity index (χ2v) is 7.93. The average molecular weight is 396 g/mol. The van der Waals surface area contributed by atoms with Crippen molar-refractivity contribution in [2.75, 3.05) is 38.6 Å². The Morgan fingerprint density at radius 2 is 1.76 bits per heavy atom. The molecule has 1 unspecified atom stereocenters. The van der Waals surface area contributed by atoms with Gasteiger partial charge in [0.1, 0.15) is 25.4 Å². The van der Waals surface area contributed by atoms with E-state index in [0.717, 1.165) is 29.4 Å². The maximum atomic E-state index is 12.4. The molecule has 1 fully saturated rings. The molecule has 0 aliphatic carbocycles. The molecule has 1 heterocycles. The summed E-state index contributed by atoms with van der Waals surface area (Å²) in [5.74, 6) is 0.866. The lowest BCUT2D eigenvalue weighted by Crippen LogP contribution is -3.08. The molecule has 29 heavy (non-hydrogen) atoms. The number of ether oxygens (including phenoxy) is 1. The largest absolute Gasteiger partial charge is 0.490 e. The molecule has 5 nitrogen and oxygen atoms in total. The third-order valence-electron chi connectivity index (χ3n) is 5.26. The molecule has 5 heteroatoms. The number of benzene rings is 2. The van der Waals surface area contributed by atoms with Crippen LogP contribution in [-0.4, -0.2) is 39.2 Å². The monoisotopic (exact) mass is 395 g/mol. The highest BCUT2D eigenvalue weighted by Crippen LogP contribution is 2.12. The summed E-state index contributed by atoms with van der Waals surface area (Å²) in [5, 5.41) is 3.02. The Labute approximate surface area is 174 Å². The van der Waals surface area contributed by atoms with Gasteiger partial charge in [0.15, 0.2) is 6.54 Å². The van der Waals surface area contributed by atoms with Crippen LogP contribution >= 0.6 is 0 Å². The molecule has 0 aromatic heterocycles. The number of likely N-dealkylation sites (tertiary alicyclic amines) is 1. The quantitative estimate of drug-likeness (QED) is 0.528. The van der Waals surface area contributed by atoms with E-state index < -0.39 is 0 Å². The predicted octanol–water partition coefficient (Wildman–Crippen LogP) is 1.08. The van der Waals surface area contributed by atoms with Crippen molar-refractivity contribution in [2.24, 2.45) is 0 Å². The third kappa shape index (κ3) is 7.04. The number of nitrogens with one attached hydrogen (secondary N) is 3. The number of carbonyl (C=O) groups excluding carboxylic acids is 1. The number of likely N-dealkylation sites (N-methyl/N-ethyl adjacent to an activating group) is 1. The van der Waals surface area contributed by atoms with E-state index in [1.54, 1.807) is 11.0 Å². The third-order valence-corrected chi connectivity index (χ3v) is 5.26. The summed E-state index contributed by atoms with van der Waals surface area (Å²) < 4.78 is 5.50. The van der Waals surface area contributed by atoms with Crippen LogP contribution in [0.25, 0.3) is 0 Å². The zero-order valence-electron chi connectivity index (χ0n) is 17.4. The first-order valence-electron chi connectivity index (χ1n) is 10.5. The number of hydrogen-bond donors (Lipinski definition) is 3. The molecule has 1 aliphatic heterocycles. The van der Waals surface area contributed by atoms with Gasteiger partial charge in [-0.1, -0.05) is 24.8 Å². The highest BCUT2D eigenvalue weighted by atomic mass is 16.5. The molecular formula is C24H33N3O2+2. The lowest BCUT2D eigenvalue weighted by Gasteiger charge is -2.15. The maximum absolute atomic E-state index is 12.4. The van der Waals surface area contributed by atoms with Crippen molar-refractivity contribution < 1.29 is 19.3 Å². The van der Waals surface area contributed by atoms with Crippen molar-refractivity contribution in [1.29, 1.82) is 0 Å². The molecule has 0 bridgehead atoms. The molecule has 2 aromatic rings. The van der Waals surface area contributed by atoms with E-state index in [1.807, 2.05) is 43.4 Å². The molecule has 0 radical (unpaired) electrons. The topological polar surface area (TPSA) is 47.2 Å². The maximum Gasteiger partial charge on any atom is 0.279 e. The highest BCUT2D eigenvalue weighted by Gasteiger charge is 2.15. The zero-order chi connectivity index (χ0) is 20.5. The van der Waals surface area contributed by atoms with Crippen LogP contribution in [0.5, 0.6) is 5.75 Å². The molecule has 1 aliphatic rings. The standard InChI is InChI=1S/C24H31N3O2/c1-3-16-29-23-12-8-20(9-13-23)17-26(2)19-24(28)25-22-10-6-21(7-11-22)18-27-14-4-5-15-27/h3,6-13H,1,4-5,14-19H2,2H3,(H,25,28)/p+2. The SMILES string of the molecule is C=CCOc1ccc(C[NH+](C)CC(=O)Nc2ccc(C[NH+]3CCCC3)cc2)cc1. The van der Waals surface area contributed by atoms with Gasteiger partial charge in [0.2, 0.25) is 0 Å². The Kier molecular flexibility index (Phi) is 7.85. The zero-order valence-corrected chi connectivity index (χ0v) is 17.4. The van der Waals surface area contributed by atoms with E-state index in [1.165, 1.54) is 37.1 Å². The fourth-order valence-corrected chi connectivity index (χ4v) is 3.80. The number of hydrogen-bond acceptors (Lipinski definition) is 2. The van der Waals surface area contributed by atoms with Gasteiger partial charge in [-0.15, -0.1) is 0 Å². The van der Waals surface area contributed by atoms with Gasteiger partial charge < -0.3 is 19.9 Å². The van der Waals surface area contributed by atoms with Crippen LogP contribution in [0.4, 0.5) is 5.69 Å². The fraction of sp³-hybridized carbons (Fsp3) is 0.375. The van der Waals surface area contributed by atoms with Crippen LogP contribution < -0.4 is 19.9 Å². The number of quaternary nitrogens is 2. The summed E-state index contributed by atoms with van der Waals surface area (Å²) in [4.78, 5) is 15.2. The second-order valence-electron chi connectivity index (χ2n) is 7.93. The molecule has 2 aromatic carbocycles. The van der Waals surface area contributed by atoms with Crippen LogP contribution in [0.1, 0.15) is 24.0 Å². The molecule has 154 valence electrons. The molecular weight excluding hydrogens is 362 g/mol. The van der Waals surface area contributed by atoms with Crippen molar-refractivity contribution in [3.63, 3.8) is 0 Å². The number of anilines is 1. The number of carbonyl (C=O) groups is 1. The Morgan fingerprint density at radius 3 is 2.41 bits per heavy atom. The normalized spacial score (nSPS) is 15.1. The van der Waals surface area contributed by atoms with Gasteiger partial charge in [0.05, 0.1) is 20.1 Å². The predicted molar refractivity (Wildman–Crippen MR) is 116 cm³/mol. The second kappa shape index (κ2) is 10.8. The van der Waals surface area contributed by atoms with Gasteiger partial charge in [-0.3, -0.25) is 4.79 Å². The van der Waals surface area contributed by atoms with Gasteiger partial charge in [-0.05, 0) is 36.4 Å². The van der Waals surface area contributed by atoms with Gasteiger partial charge >= 0.3 is 0 Å². The smallest absolute Gasteiger partial charge is 0.279 e. The summed E-state index contributed by atoms with van der Waals surface area (Å²) in [6.07, 6.45) is 4.41. The molecule has 1 atom stereocenters. The Balaban J connectivity index is 1.42. The van der Waals surface area contributed by atoms with Gasteiger partial charge in [0.25, 0.3) is 5.91 Å². The molecule has 3 rings (SSSR count). The van der Waals surface area contributed by atoms with Crippen LogP contribution in [0.3, 0.4) is 0 Å². The average Bonchev–Trinajstić information content (AvgIpc) is 3.22. The molecule has 1 saturated heterocycles. The minimum atomic E-state index is 0.0337. The summed E-state index contributed by atoms with van der Waals surface area (Å²) >= 11 is 0. The van der Waals surface area contributed by atoms with Crippen molar-refractivity contribution in [2.45, 2.75) is 25.9 Å². The van der Waals surface area contributed by atoms with E-state index >= 15 is 0 Å². The van der Waals surface area contributed by atoms with Crippen molar-refractivity contribution >= 4 is 11.6 Å². The van der Waals surface area contributed by atoms with Crippen LogP contribution in [0, 0.1) is 0 Å². The van der Waals surface area contributed by atoms with E-state index in [2.05, 4.69) is 24.0 Å². The van der Waals surface area contributed by atoms with Gasteiger partial charge in [-0.2, -0.15) is 0 Å². The number of rotatable bonds is 10. The first-order chi connectivity index (χ1) is 14.1. The van der Waals surface area contributed by atoms with E-state index in [0.29, 0.717) is 13.2 Å². The minimum absolute atomic E-state index is 0.0337. The van der Waals surface area contributed by atoms with Crippen molar-refractivity contribution in [3.8, 4) is 5.75 Å². The van der Waals surface area contributed by atoms with Crippen LogP contribution in [0.15, 0.2) is 61.2 Å². The summed E-state index contributed by atoms with van der Waals surface area (Å²) in [5.41, 5.74) is 3.38. The first-order valence-corrected chi connectivity index (χ1v) is 10.5. The Bertz CT molecular complexity index is 781. The lowest BCUT2D eigenvalue weighted by molar-refractivity contribution is -0.901. The molecule has 3 N–H and O–H groups in total. The van der Waals surface area contributed by atoms with Crippen molar-refractivity contribution in [3.05, 3.63) is 72.3 Å². The van der Waals surface area contributed by atoms with Crippen molar-refractivity contribution in [1.82, 2.24) is 0 Å². The summed E-state index contributed by atoms with van der Waals surface area (Å²) in [7, 11) is 2.03. The fourth-order valence-electron chi connectivity index (χ4n) is 3.80. The summed E-state index contributed by atoms with van der Waals surface area (Å²) in [6, 6.07) is 16.3. The van der Waals surface area contributed by atoms with Crippen LogP contribution in [-0.2, 0) is 17.9 Å². The summed E-state index contributed by atoms with van der Waals surface area (Å²) in [6.45, 7) is 9.00. The Morgan fingerprint density at radius 1 is 1.10 bits per heavy atom. The number of amides is 1. The molecule has 0 saturated carbocycles. The van der Waals surface area contributed by atoms with Gasteiger partial charge in [0, 0.05) is 29.7 Å². The van der Waals surface area contributed by atoms with E-state index in [-0.39, 0.29) is 5.91 Å².